The van der Waals surface area contributed by atoms with E-state index in [1.165, 1.54) is 4.90 Å². The molecule has 1 aromatic rings. The largest absolute Gasteiger partial charge is 0.487 e. The number of benzene rings is 1. The highest BCUT2D eigenvalue weighted by Crippen LogP contribution is 2.39. The predicted octanol–water partition coefficient (Wildman–Crippen LogP) is 2.72. The Labute approximate surface area is 173 Å². The van der Waals surface area contributed by atoms with E-state index in [0.29, 0.717) is 12.5 Å². The summed E-state index contributed by atoms with van der Waals surface area (Å²) in [7, 11) is 3.44. The van der Waals surface area contributed by atoms with E-state index in [2.05, 4.69) is 42.1 Å². The minimum Gasteiger partial charge on any atom is -0.487 e. The fourth-order valence-corrected chi connectivity index (χ4v) is 2.71. The van der Waals surface area contributed by atoms with Gasteiger partial charge in [0.15, 0.2) is 5.96 Å². The molecular formula is C19H29IN4O2. The summed E-state index contributed by atoms with van der Waals surface area (Å²) >= 11 is 0. The van der Waals surface area contributed by atoms with Crippen LogP contribution in [-0.4, -0.2) is 49.6 Å². The number of nitrogens with one attached hydrogen (secondary N) is 2. The number of hydrogen-bond acceptors (Lipinski definition) is 3. The number of fused-ring (bicyclic) bond motifs is 1. The van der Waals surface area contributed by atoms with Crippen LogP contribution in [0.2, 0.25) is 0 Å². The van der Waals surface area contributed by atoms with Crippen molar-refractivity contribution in [1.29, 1.82) is 0 Å². The lowest BCUT2D eigenvalue weighted by Gasteiger charge is -2.38. The highest BCUT2D eigenvalue weighted by molar-refractivity contribution is 14.0. The van der Waals surface area contributed by atoms with Crippen molar-refractivity contribution < 1.29 is 9.53 Å². The first kappa shape index (κ1) is 22.3. The lowest BCUT2D eigenvalue weighted by Crippen LogP contribution is -2.45. The number of para-hydroxylation sites is 1. The van der Waals surface area contributed by atoms with Crippen LogP contribution in [0.1, 0.15) is 31.9 Å². The Balaban J connectivity index is 0.00000338. The van der Waals surface area contributed by atoms with Crippen LogP contribution in [0.15, 0.2) is 41.9 Å². The quantitative estimate of drug-likeness (QED) is 0.300. The molecule has 1 amide bonds. The predicted molar refractivity (Wildman–Crippen MR) is 116 cm³/mol. The molecule has 0 aliphatic carbocycles. The summed E-state index contributed by atoms with van der Waals surface area (Å²) in [6, 6.07) is 8.05. The number of likely N-dealkylation sites (N-methyl/N-ethyl adjacent to an activating group) is 1. The Morgan fingerprint density at radius 1 is 1.42 bits per heavy atom. The van der Waals surface area contributed by atoms with Crippen LogP contribution >= 0.6 is 24.0 Å². The van der Waals surface area contributed by atoms with Crippen molar-refractivity contribution in [2.24, 2.45) is 4.99 Å². The summed E-state index contributed by atoms with van der Waals surface area (Å²) in [5.74, 6) is 1.42. The number of carbonyl (C=O) groups excluding carboxylic acids is 1. The lowest BCUT2D eigenvalue weighted by atomic mass is 9.90. The molecule has 1 aromatic carbocycles. The highest BCUT2D eigenvalue weighted by atomic mass is 127. The van der Waals surface area contributed by atoms with Gasteiger partial charge in [0.05, 0.1) is 6.04 Å². The zero-order chi connectivity index (χ0) is 18.4. The van der Waals surface area contributed by atoms with Crippen LogP contribution < -0.4 is 15.4 Å². The fourth-order valence-electron chi connectivity index (χ4n) is 2.71. The molecule has 0 spiro atoms. The first-order valence-electron chi connectivity index (χ1n) is 8.46. The number of carbonyl (C=O) groups is 1. The van der Waals surface area contributed by atoms with E-state index in [4.69, 9.17) is 4.74 Å². The Kier molecular flexibility index (Phi) is 8.39. The minimum absolute atomic E-state index is 0. The van der Waals surface area contributed by atoms with Crippen molar-refractivity contribution in [2.75, 3.05) is 27.2 Å². The molecule has 0 fully saturated rings. The van der Waals surface area contributed by atoms with Gasteiger partial charge in [-0.2, -0.15) is 0 Å². The van der Waals surface area contributed by atoms with Crippen LogP contribution in [0.25, 0.3) is 0 Å². The highest BCUT2D eigenvalue weighted by Gasteiger charge is 2.33. The monoisotopic (exact) mass is 472 g/mol. The van der Waals surface area contributed by atoms with Crippen LogP contribution in [0.4, 0.5) is 0 Å². The number of hydrogen-bond donors (Lipinski definition) is 2. The van der Waals surface area contributed by atoms with Crippen molar-refractivity contribution in [3.05, 3.63) is 42.5 Å². The van der Waals surface area contributed by atoms with Gasteiger partial charge >= 0.3 is 0 Å². The molecular weight excluding hydrogens is 443 g/mol. The molecule has 2 rings (SSSR count). The number of halogens is 1. The number of aliphatic imine (C=N–C) groups is 1. The molecule has 0 bridgehead atoms. The third kappa shape index (κ3) is 6.19. The molecule has 2 N–H and O–H groups in total. The third-order valence-corrected chi connectivity index (χ3v) is 3.97. The molecule has 0 saturated heterocycles. The van der Waals surface area contributed by atoms with E-state index in [-0.39, 0.29) is 48.1 Å². The maximum atomic E-state index is 11.8. The minimum atomic E-state index is -0.283. The molecule has 6 nitrogen and oxygen atoms in total. The number of ether oxygens (including phenoxy) is 1. The summed E-state index contributed by atoms with van der Waals surface area (Å²) < 4.78 is 6.06. The molecule has 26 heavy (non-hydrogen) atoms. The lowest BCUT2D eigenvalue weighted by molar-refractivity contribution is -0.127. The smallest absolute Gasteiger partial charge is 0.243 e. The van der Waals surface area contributed by atoms with E-state index in [1.54, 1.807) is 20.2 Å². The maximum absolute atomic E-state index is 11.8. The molecule has 1 atom stereocenters. The van der Waals surface area contributed by atoms with Crippen LogP contribution in [0.3, 0.4) is 0 Å². The Hall–Kier alpha value is -1.77. The van der Waals surface area contributed by atoms with Crippen LogP contribution in [-0.2, 0) is 4.79 Å². The van der Waals surface area contributed by atoms with Gasteiger partial charge in [0.1, 0.15) is 17.9 Å². The molecule has 0 aromatic heterocycles. The fraction of sp³-hybridized carbons (Fsp3) is 0.474. The zero-order valence-corrected chi connectivity index (χ0v) is 18.2. The Morgan fingerprint density at radius 3 is 2.77 bits per heavy atom. The van der Waals surface area contributed by atoms with Gasteiger partial charge in [-0.1, -0.05) is 24.3 Å². The summed E-state index contributed by atoms with van der Waals surface area (Å²) in [6.45, 7) is 8.52. The first-order valence-corrected chi connectivity index (χ1v) is 8.46. The van der Waals surface area contributed by atoms with Crippen molar-refractivity contribution in [3.8, 4) is 5.75 Å². The van der Waals surface area contributed by atoms with Gasteiger partial charge in [-0.15, -0.1) is 30.6 Å². The molecule has 1 heterocycles. The topological polar surface area (TPSA) is 66.0 Å². The maximum Gasteiger partial charge on any atom is 0.243 e. The number of amides is 1. The van der Waals surface area contributed by atoms with Gasteiger partial charge in [-0.25, -0.2) is 4.99 Å². The van der Waals surface area contributed by atoms with Crippen LogP contribution in [0.5, 0.6) is 5.75 Å². The van der Waals surface area contributed by atoms with Gasteiger partial charge in [-0.05, 0) is 19.9 Å². The Bertz CT molecular complexity index is 659. The summed E-state index contributed by atoms with van der Waals surface area (Å²) in [4.78, 5) is 17.8. The summed E-state index contributed by atoms with van der Waals surface area (Å²) in [5.41, 5.74) is 0.809. The van der Waals surface area contributed by atoms with E-state index in [9.17, 15) is 4.79 Å². The number of guanidine groups is 1. The number of rotatable bonds is 5. The zero-order valence-electron chi connectivity index (χ0n) is 15.9. The Morgan fingerprint density at radius 2 is 2.12 bits per heavy atom. The standard InChI is InChI=1S/C19H28N4O2.HI/c1-6-11-20-18(21-13-17(24)23(4)5)22-15-12-19(2,3)25-16-10-8-7-9-14(15)16;/h6-10,15H,1,11-13H2,2-5H3,(H2,20,21,22);1H. The van der Waals surface area contributed by atoms with Crippen molar-refractivity contribution in [1.82, 2.24) is 15.5 Å². The molecule has 1 unspecified atom stereocenters. The van der Waals surface area contributed by atoms with Crippen LogP contribution in [0, 0.1) is 0 Å². The molecule has 0 radical (unpaired) electrons. The van der Waals surface area contributed by atoms with Crippen molar-refractivity contribution in [3.63, 3.8) is 0 Å². The van der Waals surface area contributed by atoms with Gasteiger partial charge in [-0.3, -0.25) is 4.79 Å². The second-order valence-corrected chi connectivity index (χ2v) is 6.92. The van der Waals surface area contributed by atoms with Crippen molar-refractivity contribution in [2.45, 2.75) is 31.9 Å². The van der Waals surface area contributed by atoms with Gasteiger partial charge in [0.2, 0.25) is 5.91 Å². The molecule has 7 heteroatoms. The third-order valence-electron chi connectivity index (χ3n) is 3.97. The molecule has 0 saturated carbocycles. The average molecular weight is 472 g/mol. The van der Waals surface area contributed by atoms with E-state index >= 15 is 0 Å². The average Bonchev–Trinajstić information content (AvgIpc) is 2.55. The molecule has 144 valence electrons. The number of nitrogens with zero attached hydrogens (tertiary/aromatic N) is 2. The summed E-state index contributed by atoms with van der Waals surface area (Å²) in [5, 5.41) is 6.62. The van der Waals surface area contributed by atoms with Gasteiger partial charge in [0.25, 0.3) is 0 Å². The summed E-state index contributed by atoms with van der Waals surface area (Å²) in [6.07, 6.45) is 2.55. The second kappa shape index (κ2) is 9.80. The van der Waals surface area contributed by atoms with E-state index < -0.39 is 0 Å². The van der Waals surface area contributed by atoms with Gasteiger partial charge in [0, 0.05) is 32.6 Å². The molecule has 1 aliphatic rings. The van der Waals surface area contributed by atoms with E-state index in [0.717, 1.165) is 17.7 Å². The SMILES string of the molecule is C=CCNC(=NCC(=O)N(C)C)NC1CC(C)(C)Oc2ccccc21.I. The van der Waals surface area contributed by atoms with Gasteiger partial charge < -0.3 is 20.3 Å². The second-order valence-electron chi connectivity index (χ2n) is 6.92. The van der Waals surface area contributed by atoms with E-state index in [1.807, 2.05) is 18.2 Å². The molecule has 1 aliphatic heterocycles. The normalized spacial score (nSPS) is 17.8. The van der Waals surface area contributed by atoms with Crippen molar-refractivity contribution >= 4 is 35.8 Å². The first-order chi connectivity index (χ1) is 11.8.